The molecule has 0 N–H and O–H groups in total. The maximum absolute atomic E-state index is 14.6. The first kappa shape index (κ1) is 20.9. The molecule has 27 heavy (non-hydrogen) atoms. The predicted molar refractivity (Wildman–Crippen MR) is 111 cm³/mol. The number of nitrogens with zero attached hydrogens (tertiary/aromatic N) is 1. The number of carbonyl (C=O) groups excluding carboxylic acids is 1. The SMILES string of the molecule is COC(=O)/C=C(C)/C=C/C(F)=C(/C)c1ccc2c(c1)C(C)CCN2C(C)C. The van der Waals surface area contributed by atoms with Gasteiger partial charge in [0.2, 0.25) is 0 Å². The summed E-state index contributed by atoms with van der Waals surface area (Å²) >= 11 is 0. The van der Waals surface area contributed by atoms with Gasteiger partial charge in [-0.05, 0) is 80.5 Å². The van der Waals surface area contributed by atoms with Crippen LogP contribution < -0.4 is 4.90 Å². The maximum atomic E-state index is 14.6. The van der Waals surface area contributed by atoms with Gasteiger partial charge in [-0.15, -0.1) is 0 Å². The lowest BCUT2D eigenvalue weighted by Crippen LogP contribution is -2.36. The van der Waals surface area contributed by atoms with Gasteiger partial charge in [-0.3, -0.25) is 0 Å². The lowest BCUT2D eigenvalue weighted by molar-refractivity contribution is -0.134. The maximum Gasteiger partial charge on any atom is 0.330 e. The molecule has 0 radical (unpaired) electrons. The molecule has 4 heteroatoms. The van der Waals surface area contributed by atoms with Gasteiger partial charge in [0.25, 0.3) is 0 Å². The molecule has 0 amide bonds. The average Bonchev–Trinajstić information content (AvgIpc) is 2.65. The molecule has 3 nitrogen and oxygen atoms in total. The Bertz CT molecular complexity index is 790. The predicted octanol–water partition coefficient (Wildman–Crippen LogP) is 5.78. The fourth-order valence-electron chi connectivity index (χ4n) is 3.35. The smallest absolute Gasteiger partial charge is 0.330 e. The van der Waals surface area contributed by atoms with E-state index in [1.54, 1.807) is 19.9 Å². The Labute approximate surface area is 162 Å². The molecular formula is C23H30FNO2. The van der Waals surface area contributed by atoms with Crippen molar-refractivity contribution in [1.29, 1.82) is 0 Å². The van der Waals surface area contributed by atoms with Gasteiger partial charge in [-0.1, -0.05) is 19.1 Å². The minimum atomic E-state index is -0.448. The van der Waals surface area contributed by atoms with Gasteiger partial charge in [0, 0.05) is 24.4 Å². The molecule has 0 aliphatic carbocycles. The van der Waals surface area contributed by atoms with Crippen molar-refractivity contribution in [2.24, 2.45) is 0 Å². The minimum absolute atomic E-state index is 0.309. The normalized spacial score (nSPS) is 18.6. The third-order valence-corrected chi connectivity index (χ3v) is 5.12. The van der Waals surface area contributed by atoms with Crippen LogP contribution >= 0.6 is 0 Å². The van der Waals surface area contributed by atoms with E-state index in [1.165, 1.54) is 30.5 Å². The summed E-state index contributed by atoms with van der Waals surface area (Å²) in [5.41, 5.74) is 4.66. The number of hydrogen-bond acceptors (Lipinski definition) is 3. The summed E-state index contributed by atoms with van der Waals surface area (Å²) in [6, 6.07) is 6.67. The van der Waals surface area contributed by atoms with E-state index in [0.29, 0.717) is 23.1 Å². The number of esters is 1. The second-order valence-corrected chi connectivity index (χ2v) is 7.47. The summed E-state index contributed by atoms with van der Waals surface area (Å²) < 4.78 is 19.2. The van der Waals surface area contributed by atoms with E-state index in [2.05, 4.69) is 42.5 Å². The Morgan fingerprint density at radius 2 is 2.00 bits per heavy atom. The van der Waals surface area contributed by atoms with Gasteiger partial charge < -0.3 is 9.64 Å². The molecule has 1 aromatic rings. The summed E-state index contributed by atoms with van der Waals surface area (Å²) in [6.45, 7) is 11.2. The molecule has 1 unspecified atom stereocenters. The van der Waals surface area contributed by atoms with Crippen molar-refractivity contribution in [3.05, 3.63) is 59.0 Å². The van der Waals surface area contributed by atoms with E-state index < -0.39 is 5.97 Å². The van der Waals surface area contributed by atoms with Crippen molar-refractivity contribution >= 4 is 17.2 Å². The largest absolute Gasteiger partial charge is 0.466 e. The highest BCUT2D eigenvalue weighted by Gasteiger charge is 2.24. The molecule has 0 saturated carbocycles. The van der Waals surface area contributed by atoms with Gasteiger partial charge in [-0.25, -0.2) is 9.18 Å². The second-order valence-electron chi connectivity index (χ2n) is 7.47. The van der Waals surface area contributed by atoms with E-state index in [0.717, 1.165) is 18.5 Å². The quantitative estimate of drug-likeness (QED) is 0.373. The number of halogens is 1. The van der Waals surface area contributed by atoms with Crippen LogP contribution in [0.3, 0.4) is 0 Å². The number of anilines is 1. The average molecular weight is 371 g/mol. The van der Waals surface area contributed by atoms with Crippen molar-refractivity contribution in [2.45, 2.75) is 53.0 Å². The Balaban J connectivity index is 2.32. The van der Waals surface area contributed by atoms with E-state index >= 15 is 0 Å². The van der Waals surface area contributed by atoms with Crippen molar-refractivity contribution < 1.29 is 13.9 Å². The monoisotopic (exact) mass is 371 g/mol. The summed E-state index contributed by atoms with van der Waals surface area (Å²) in [7, 11) is 1.32. The van der Waals surface area contributed by atoms with Gasteiger partial charge in [0.05, 0.1) is 7.11 Å². The highest BCUT2D eigenvalue weighted by Crippen LogP contribution is 2.38. The van der Waals surface area contributed by atoms with Crippen molar-refractivity contribution in [3.8, 4) is 0 Å². The summed E-state index contributed by atoms with van der Waals surface area (Å²) in [5, 5.41) is 0. The van der Waals surface area contributed by atoms with Gasteiger partial charge >= 0.3 is 5.97 Å². The lowest BCUT2D eigenvalue weighted by Gasteiger charge is -2.37. The first-order valence-corrected chi connectivity index (χ1v) is 9.46. The number of rotatable bonds is 5. The third-order valence-electron chi connectivity index (χ3n) is 5.12. The van der Waals surface area contributed by atoms with Crippen molar-refractivity contribution in [1.82, 2.24) is 0 Å². The first-order valence-electron chi connectivity index (χ1n) is 9.46. The Morgan fingerprint density at radius 3 is 2.63 bits per heavy atom. The van der Waals surface area contributed by atoms with Gasteiger partial charge in [0.1, 0.15) is 5.83 Å². The standard InChI is InChI=1S/C23H30FNO2/c1-15(2)25-12-11-17(4)20-14-19(8-10-22(20)25)18(5)21(24)9-7-16(3)13-23(26)27-6/h7-10,13-15,17H,11-12H2,1-6H3/b9-7+,16-13+,21-18+. The van der Waals surface area contributed by atoms with Crippen molar-refractivity contribution in [2.75, 3.05) is 18.6 Å². The number of methoxy groups -OCH3 is 1. The topological polar surface area (TPSA) is 29.5 Å². The third kappa shape index (κ3) is 5.09. The number of hydrogen-bond donors (Lipinski definition) is 0. The summed E-state index contributed by atoms with van der Waals surface area (Å²) in [5.74, 6) is -0.292. The fourth-order valence-corrected chi connectivity index (χ4v) is 3.35. The van der Waals surface area contributed by atoms with E-state index in [1.807, 2.05) is 6.07 Å². The number of allylic oxidation sites excluding steroid dienone is 5. The molecule has 1 aliphatic heterocycles. The highest BCUT2D eigenvalue weighted by atomic mass is 19.1. The zero-order valence-corrected chi connectivity index (χ0v) is 17.2. The van der Waals surface area contributed by atoms with E-state index in [4.69, 9.17) is 0 Å². The van der Waals surface area contributed by atoms with Crippen LogP contribution in [0.4, 0.5) is 10.1 Å². The molecule has 2 rings (SSSR count). The second kappa shape index (κ2) is 9.03. The molecule has 146 valence electrons. The Hall–Kier alpha value is -2.36. The van der Waals surface area contributed by atoms with Gasteiger partial charge in [-0.2, -0.15) is 0 Å². The van der Waals surface area contributed by atoms with Crippen molar-refractivity contribution in [3.63, 3.8) is 0 Å². The summed E-state index contributed by atoms with van der Waals surface area (Å²) in [4.78, 5) is 13.6. The Morgan fingerprint density at radius 1 is 1.30 bits per heavy atom. The van der Waals surface area contributed by atoms with Crippen LogP contribution in [0.15, 0.2) is 47.8 Å². The van der Waals surface area contributed by atoms with Gasteiger partial charge in [0.15, 0.2) is 0 Å². The molecule has 0 aromatic heterocycles. The Kier molecular flexibility index (Phi) is 7.00. The van der Waals surface area contributed by atoms with E-state index in [-0.39, 0.29) is 5.83 Å². The zero-order chi connectivity index (χ0) is 20.1. The van der Waals surface area contributed by atoms with Crippen LogP contribution in [-0.2, 0) is 9.53 Å². The zero-order valence-electron chi connectivity index (χ0n) is 17.2. The van der Waals surface area contributed by atoms with Crippen LogP contribution in [0.5, 0.6) is 0 Å². The first-order chi connectivity index (χ1) is 12.7. The highest BCUT2D eigenvalue weighted by molar-refractivity contribution is 5.83. The number of carbonyl (C=O) groups is 1. The number of benzene rings is 1. The van der Waals surface area contributed by atoms with Crippen LogP contribution in [0.2, 0.25) is 0 Å². The minimum Gasteiger partial charge on any atom is -0.466 e. The van der Waals surface area contributed by atoms with Crippen LogP contribution in [-0.4, -0.2) is 25.7 Å². The molecule has 1 aromatic carbocycles. The van der Waals surface area contributed by atoms with Crippen LogP contribution in [0, 0.1) is 0 Å². The van der Waals surface area contributed by atoms with Crippen LogP contribution in [0.25, 0.3) is 5.57 Å². The molecular weight excluding hydrogens is 341 g/mol. The molecule has 1 heterocycles. The number of fused-ring (bicyclic) bond motifs is 1. The molecule has 0 bridgehead atoms. The molecule has 0 spiro atoms. The summed E-state index contributed by atoms with van der Waals surface area (Å²) in [6.07, 6.45) is 5.42. The fraction of sp³-hybridized carbons (Fsp3) is 0.435. The van der Waals surface area contributed by atoms with E-state index in [9.17, 15) is 9.18 Å². The molecule has 0 saturated heterocycles. The van der Waals surface area contributed by atoms with Crippen LogP contribution in [0.1, 0.15) is 58.1 Å². The lowest BCUT2D eigenvalue weighted by atomic mass is 9.88. The molecule has 1 aliphatic rings. The number of ether oxygens (including phenoxy) is 1. The molecule has 1 atom stereocenters. The molecule has 0 fully saturated rings.